The SMILES string of the molecule is COCC1CN(CC2CCN(S(=O)(=O)c3ccc(N)cc3)CC2)C(=O)N(c2cccc(C(=N)N)c2)C1. The highest BCUT2D eigenvalue weighted by atomic mass is 32.2. The van der Waals surface area contributed by atoms with Crippen LogP contribution in [0.5, 0.6) is 0 Å². The molecule has 194 valence electrons. The largest absolute Gasteiger partial charge is 0.399 e. The summed E-state index contributed by atoms with van der Waals surface area (Å²) in [6, 6.07) is 13.3. The number of nitrogen functional groups attached to an aromatic ring is 2. The Morgan fingerprint density at radius 3 is 2.42 bits per heavy atom. The molecule has 2 saturated heterocycles. The molecule has 0 saturated carbocycles. The van der Waals surface area contributed by atoms with E-state index in [-0.39, 0.29) is 28.6 Å². The normalized spacial score (nSPS) is 20.0. The first-order valence-electron chi connectivity index (χ1n) is 12.0. The van der Waals surface area contributed by atoms with Gasteiger partial charge in [0.25, 0.3) is 0 Å². The van der Waals surface area contributed by atoms with Gasteiger partial charge in [-0.15, -0.1) is 0 Å². The lowest BCUT2D eigenvalue weighted by atomic mass is 9.96. The number of sulfonamides is 1. The van der Waals surface area contributed by atoms with Gasteiger partial charge < -0.3 is 21.1 Å². The van der Waals surface area contributed by atoms with Gasteiger partial charge in [0.1, 0.15) is 5.84 Å². The van der Waals surface area contributed by atoms with E-state index in [4.69, 9.17) is 21.6 Å². The fraction of sp³-hybridized carbons (Fsp3) is 0.440. The molecule has 0 spiro atoms. The molecule has 36 heavy (non-hydrogen) atoms. The van der Waals surface area contributed by atoms with Crippen LogP contribution in [0.3, 0.4) is 0 Å². The molecule has 10 nitrogen and oxygen atoms in total. The molecule has 2 aromatic rings. The summed E-state index contributed by atoms with van der Waals surface area (Å²) in [5.74, 6) is 0.269. The number of urea groups is 1. The van der Waals surface area contributed by atoms with Crippen LogP contribution in [-0.2, 0) is 14.8 Å². The van der Waals surface area contributed by atoms with Crippen LogP contribution < -0.4 is 16.4 Å². The molecular weight excluding hydrogens is 480 g/mol. The number of carbonyl (C=O) groups excluding carboxylic acids is 1. The maximum atomic E-state index is 13.5. The number of anilines is 2. The number of hydrogen-bond donors (Lipinski definition) is 3. The molecule has 0 radical (unpaired) electrons. The summed E-state index contributed by atoms with van der Waals surface area (Å²) in [5.41, 5.74) is 13.1. The van der Waals surface area contributed by atoms with E-state index in [2.05, 4.69) is 0 Å². The van der Waals surface area contributed by atoms with Gasteiger partial charge in [-0.25, -0.2) is 13.2 Å². The van der Waals surface area contributed by atoms with Crippen molar-refractivity contribution in [3.05, 3.63) is 54.1 Å². The number of carbonyl (C=O) groups is 1. The number of hydrogen-bond acceptors (Lipinski definition) is 6. The Morgan fingerprint density at radius 1 is 1.08 bits per heavy atom. The first-order valence-corrected chi connectivity index (χ1v) is 13.5. The lowest BCUT2D eigenvalue weighted by Crippen LogP contribution is -2.56. The molecule has 2 amide bonds. The van der Waals surface area contributed by atoms with E-state index in [0.29, 0.717) is 69.1 Å². The van der Waals surface area contributed by atoms with Crippen molar-refractivity contribution in [2.24, 2.45) is 17.6 Å². The summed E-state index contributed by atoms with van der Waals surface area (Å²) in [6.45, 7) is 2.99. The quantitative estimate of drug-likeness (QED) is 0.280. The van der Waals surface area contributed by atoms with Crippen molar-refractivity contribution in [2.75, 3.05) is 57.1 Å². The Kier molecular flexibility index (Phi) is 7.82. The van der Waals surface area contributed by atoms with Gasteiger partial charge in [-0.3, -0.25) is 10.3 Å². The van der Waals surface area contributed by atoms with Crippen molar-refractivity contribution in [1.82, 2.24) is 9.21 Å². The zero-order valence-corrected chi connectivity index (χ0v) is 21.3. The fourth-order valence-corrected chi connectivity index (χ4v) is 6.41. The molecule has 2 fully saturated rings. The summed E-state index contributed by atoms with van der Waals surface area (Å²) in [7, 11) is -1.92. The molecule has 5 N–H and O–H groups in total. The monoisotopic (exact) mass is 514 g/mol. The number of nitrogens with zero attached hydrogens (tertiary/aromatic N) is 3. The standard InChI is InChI=1S/C25H34N6O4S/c1-35-17-19-15-29(25(32)31(16-19)22-4-2-3-20(13-22)24(27)28)14-18-9-11-30(12-10-18)36(33,34)23-7-5-21(26)6-8-23/h2-8,13,18-19H,9-12,14-17,26H2,1H3,(H3,27,28). The van der Waals surface area contributed by atoms with Crippen LogP contribution in [0.2, 0.25) is 0 Å². The smallest absolute Gasteiger partial charge is 0.324 e. The van der Waals surface area contributed by atoms with Crippen LogP contribution in [0.4, 0.5) is 16.2 Å². The maximum absolute atomic E-state index is 13.5. The Bertz CT molecular complexity index is 1200. The molecule has 2 aliphatic heterocycles. The van der Waals surface area contributed by atoms with Crippen molar-refractivity contribution < 1.29 is 17.9 Å². The van der Waals surface area contributed by atoms with Crippen molar-refractivity contribution in [3.63, 3.8) is 0 Å². The maximum Gasteiger partial charge on any atom is 0.324 e. The van der Waals surface area contributed by atoms with Crippen LogP contribution in [0.25, 0.3) is 0 Å². The van der Waals surface area contributed by atoms with E-state index in [1.165, 1.54) is 16.4 Å². The first kappa shape index (κ1) is 25.9. The van der Waals surface area contributed by atoms with Crippen LogP contribution in [0, 0.1) is 17.2 Å². The minimum Gasteiger partial charge on any atom is -0.399 e. The third kappa shape index (κ3) is 5.63. The van der Waals surface area contributed by atoms with Crippen LogP contribution in [-0.4, -0.2) is 75.9 Å². The molecule has 1 atom stereocenters. The van der Waals surface area contributed by atoms with Gasteiger partial charge in [-0.1, -0.05) is 12.1 Å². The number of nitrogens with one attached hydrogen (secondary N) is 1. The Hall–Kier alpha value is -3.15. The van der Waals surface area contributed by atoms with Gasteiger partial charge in [0.05, 0.1) is 11.5 Å². The Labute approximate surface area is 212 Å². The highest BCUT2D eigenvalue weighted by molar-refractivity contribution is 7.89. The van der Waals surface area contributed by atoms with Crippen LogP contribution in [0.15, 0.2) is 53.4 Å². The summed E-state index contributed by atoms with van der Waals surface area (Å²) in [4.78, 5) is 17.3. The van der Waals surface area contributed by atoms with E-state index in [1.807, 2.05) is 11.0 Å². The van der Waals surface area contributed by atoms with Crippen molar-refractivity contribution in [2.45, 2.75) is 17.7 Å². The van der Waals surface area contributed by atoms with Crippen LogP contribution >= 0.6 is 0 Å². The molecule has 0 aliphatic carbocycles. The van der Waals surface area contributed by atoms with Crippen molar-refractivity contribution >= 4 is 33.3 Å². The Morgan fingerprint density at radius 2 is 1.78 bits per heavy atom. The summed E-state index contributed by atoms with van der Waals surface area (Å²) >= 11 is 0. The third-order valence-corrected chi connectivity index (χ3v) is 8.77. The topological polar surface area (TPSA) is 146 Å². The van der Waals surface area contributed by atoms with Gasteiger partial charge in [0, 0.05) is 62.7 Å². The van der Waals surface area contributed by atoms with E-state index in [0.717, 1.165) is 0 Å². The minimum atomic E-state index is -3.57. The molecule has 2 aliphatic rings. The molecule has 2 aromatic carbocycles. The number of ether oxygens (including phenoxy) is 1. The van der Waals surface area contributed by atoms with Crippen LogP contribution in [0.1, 0.15) is 18.4 Å². The number of amidine groups is 1. The number of methoxy groups -OCH3 is 1. The van der Waals surface area contributed by atoms with Crippen molar-refractivity contribution in [1.29, 1.82) is 5.41 Å². The van der Waals surface area contributed by atoms with E-state index >= 15 is 0 Å². The zero-order valence-electron chi connectivity index (χ0n) is 20.5. The second-order valence-electron chi connectivity index (χ2n) is 9.50. The second kappa shape index (κ2) is 10.9. The Balaban J connectivity index is 1.43. The van der Waals surface area contributed by atoms with Gasteiger partial charge in [-0.05, 0) is 55.2 Å². The average molecular weight is 515 g/mol. The van der Waals surface area contributed by atoms with E-state index < -0.39 is 10.0 Å². The minimum absolute atomic E-state index is 0.0488. The number of nitrogens with two attached hydrogens (primary N) is 2. The molecule has 1 unspecified atom stereocenters. The number of piperidine rings is 1. The molecule has 0 bridgehead atoms. The number of benzene rings is 2. The summed E-state index contributed by atoms with van der Waals surface area (Å²) in [6.07, 6.45) is 1.35. The lowest BCUT2D eigenvalue weighted by molar-refractivity contribution is 0.105. The summed E-state index contributed by atoms with van der Waals surface area (Å²) in [5, 5.41) is 7.73. The molecule has 4 rings (SSSR count). The lowest BCUT2D eigenvalue weighted by Gasteiger charge is -2.42. The molecule has 2 heterocycles. The average Bonchev–Trinajstić information content (AvgIpc) is 2.86. The zero-order chi connectivity index (χ0) is 25.9. The highest BCUT2D eigenvalue weighted by Crippen LogP contribution is 2.28. The first-order chi connectivity index (χ1) is 17.2. The van der Waals surface area contributed by atoms with Gasteiger partial charge in [-0.2, -0.15) is 4.31 Å². The highest BCUT2D eigenvalue weighted by Gasteiger charge is 2.36. The molecular formula is C25H34N6O4S. The van der Waals surface area contributed by atoms with Gasteiger partial charge >= 0.3 is 6.03 Å². The van der Waals surface area contributed by atoms with Gasteiger partial charge in [0.15, 0.2) is 0 Å². The number of rotatable bonds is 8. The summed E-state index contributed by atoms with van der Waals surface area (Å²) < 4.78 is 32.9. The second-order valence-corrected chi connectivity index (χ2v) is 11.4. The van der Waals surface area contributed by atoms with Gasteiger partial charge in [0.2, 0.25) is 10.0 Å². The number of amides is 2. The van der Waals surface area contributed by atoms with E-state index in [9.17, 15) is 13.2 Å². The third-order valence-electron chi connectivity index (χ3n) is 6.86. The molecule has 11 heteroatoms. The van der Waals surface area contributed by atoms with E-state index in [1.54, 1.807) is 42.3 Å². The van der Waals surface area contributed by atoms with Crippen molar-refractivity contribution in [3.8, 4) is 0 Å². The predicted molar refractivity (Wildman–Crippen MR) is 139 cm³/mol. The molecule has 0 aromatic heterocycles. The predicted octanol–water partition coefficient (Wildman–Crippen LogP) is 2.16. The fourth-order valence-electron chi connectivity index (χ4n) is 4.94.